The van der Waals surface area contributed by atoms with Gasteiger partial charge >= 0.3 is 5.97 Å². The van der Waals surface area contributed by atoms with E-state index in [4.69, 9.17) is 5.11 Å². The Hall–Kier alpha value is -1.25. The van der Waals surface area contributed by atoms with Crippen molar-refractivity contribution in [2.45, 2.75) is 6.42 Å². The Morgan fingerprint density at radius 2 is 1.89 bits per heavy atom. The van der Waals surface area contributed by atoms with Crippen molar-refractivity contribution in [2.75, 3.05) is 13.6 Å². The number of hydrogen-bond donors (Lipinski definition) is 1. The first-order chi connectivity index (χ1) is 8.32. The van der Waals surface area contributed by atoms with Crippen molar-refractivity contribution in [3.8, 4) is 0 Å². The van der Waals surface area contributed by atoms with Crippen LogP contribution >= 0.6 is 22.6 Å². The van der Waals surface area contributed by atoms with E-state index in [-0.39, 0.29) is 22.1 Å². The average Bonchev–Trinajstić information content (AvgIpc) is 2.29. The third-order valence-corrected chi connectivity index (χ3v) is 3.14. The minimum atomic E-state index is -1.11. The zero-order valence-electron chi connectivity index (χ0n) is 9.41. The highest BCUT2D eigenvalue weighted by Crippen LogP contribution is 2.18. The van der Waals surface area contributed by atoms with Crippen molar-refractivity contribution in [3.63, 3.8) is 0 Å². The van der Waals surface area contributed by atoms with E-state index in [1.54, 1.807) is 22.6 Å². The van der Waals surface area contributed by atoms with Crippen molar-refractivity contribution in [1.82, 2.24) is 4.90 Å². The minimum Gasteiger partial charge on any atom is -0.481 e. The van der Waals surface area contributed by atoms with Gasteiger partial charge in [0.1, 0.15) is 0 Å². The van der Waals surface area contributed by atoms with Crippen LogP contribution in [0.25, 0.3) is 0 Å². The molecule has 98 valence electrons. The molecule has 0 fully saturated rings. The Labute approximate surface area is 116 Å². The lowest BCUT2D eigenvalue weighted by Gasteiger charge is -2.17. The van der Waals surface area contributed by atoms with Crippen molar-refractivity contribution >= 4 is 34.5 Å². The maximum atomic E-state index is 13.1. The van der Waals surface area contributed by atoms with Gasteiger partial charge in [-0.3, -0.25) is 9.59 Å². The number of aliphatic carboxylic acids is 1. The lowest BCUT2D eigenvalue weighted by molar-refractivity contribution is -0.137. The molecule has 7 heteroatoms. The molecular formula is C11H10F2INO3. The van der Waals surface area contributed by atoms with Crippen LogP contribution in [-0.4, -0.2) is 35.5 Å². The molecule has 0 unspecified atom stereocenters. The maximum absolute atomic E-state index is 13.1. The summed E-state index contributed by atoms with van der Waals surface area (Å²) in [5.41, 5.74) is 0.0161. The molecule has 1 rings (SSSR count). The number of amides is 1. The molecule has 0 saturated carbocycles. The van der Waals surface area contributed by atoms with Crippen LogP contribution in [0.1, 0.15) is 16.8 Å². The molecule has 0 spiro atoms. The SMILES string of the molecule is CN(CCC(=O)O)C(=O)c1cc(F)c(F)cc1I. The fraction of sp³-hybridized carbons (Fsp3) is 0.273. The Morgan fingerprint density at radius 1 is 1.33 bits per heavy atom. The zero-order valence-corrected chi connectivity index (χ0v) is 11.6. The monoisotopic (exact) mass is 369 g/mol. The first-order valence-corrected chi connectivity index (χ1v) is 6.02. The summed E-state index contributed by atoms with van der Waals surface area (Å²) in [6.45, 7) is 0.00322. The van der Waals surface area contributed by atoms with E-state index >= 15 is 0 Å². The number of halogens is 3. The van der Waals surface area contributed by atoms with Gasteiger partial charge in [-0.15, -0.1) is 0 Å². The normalized spacial score (nSPS) is 10.2. The molecule has 0 saturated heterocycles. The summed E-state index contributed by atoms with van der Waals surface area (Å²) in [6, 6.07) is 1.74. The van der Waals surface area contributed by atoms with Crippen LogP contribution in [0.5, 0.6) is 0 Å². The van der Waals surface area contributed by atoms with E-state index < -0.39 is 23.5 Å². The standard InChI is InChI=1S/C11H10F2INO3/c1-15(3-2-10(16)17)11(18)6-4-7(12)8(13)5-9(6)14/h4-5H,2-3H2,1H3,(H,16,17). The molecule has 0 bridgehead atoms. The van der Waals surface area contributed by atoms with Crippen molar-refractivity contribution in [1.29, 1.82) is 0 Å². The van der Waals surface area contributed by atoms with E-state index in [9.17, 15) is 18.4 Å². The molecule has 0 heterocycles. The molecule has 0 aliphatic heterocycles. The number of carboxylic acid groups (broad SMARTS) is 1. The predicted molar refractivity (Wildman–Crippen MR) is 68.3 cm³/mol. The van der Waals surface area contributed by atoms with Gasteiger partial charge in [0.05, 0.1) is 12.0 Å². The topological polar surface area (TPSA) is 57.6 Å². The summed E-state index contributed by atoms with van der Waals surface area (Å²) in [4.78, 5) is 23.4. The number of carbonyl (C=O) groups is 2. The smallest absolute Gasteiger partial charge is 0.305 e. The van der Waals surface area contributed by atoms with Crippen LogP contribution in [-0.2, 0) is 4.79 Å². The molecule has 4 nitrogen and oxygen atoms in total. The zero-order chi connectivity index (χ0) is 13.9. The lowest BCUT2D eigenvalue weighted by atomic mass is 10.2. The molecule has 1 N–H and O–H groups in total. The second-order valence-electron chi connectivity index (χ2n) is 3.62. The van der Waals surface area contributed by atoms with Crippen LogP contribution in [0.4, 0.5) is 8.78 Å². The number of rotatable bonds is 4. The van der Waals surface area contributed by atoms with Crippen molar-refractivity contribution < 1.29 is 23.5 Å². The van der Waals surface area contributed by atoms with Crippen LogP contribution in [0.3, 0.4) is 0 Å². The number of carboxylic acids is 1. The van der Waals surface area contributed by atoms with Gasteiger partial charge in [0.2, 0.25) is 0 Å². The van der Waals surface area contributed by atoms with E-state index in [0.29, 0.717) is 0 Å². The second kappa shape index (κ2) is 6.07. The largest absolute Gasteiger partial charge is 0.481 e. The van der Waals surface area contributed by atoms with Crippen LogP contribution in [0, 0.1) is 15.2 Å². The maximum Gasteiger partial charge on any atom is 0.305 e. The van der Waals surface area contributed by atoms with Crippen LogP contribution in [0.15, 0.2) is 12.1 Å². The van der Waals surface area contributed by atoms with Gasteiger partial charge in [-0.2, -0.15) is 0 Å². The number of benzene rings is 1. The van der Waals surface area contributed by atoms with Gasteiger partial charge in [0.15, 0.2) is 11.6 Å². The van der Waals surface area contributed by atoms with E-state index in [0.717, 1.165) is 17.0 Å². The van der Waals surface area contributed by atoms with Gasteiger partial charge in [-0.25, -0.2) is 8.78 Å². The molecule has 1 aromatic rings. The third kappa shape index (κ3) is 3.62. The number of hydrogen-bond acceptors (Lipinski definition) is 2. The molecule has 0 atom stereocenters. The molecule has 0 aliphatic rings. The number of carbonyl (C=O) groups excluding carboxylic acids is 1. The lowest BCUT2D eigenvalue weighted by Crippen LogP contribution is -2.29. The Morgan fingerprint density at radius 3 is 2.44 bits per heavy atom. The fourth-order valence-electron chi connectivity index (χ4n) is 1.26. The highest BCUT2D eigenvalue weighted by molar-refractivity contribution is 14.1. The second-order valence-corrected chi connectivity index (χ2v) is 4.78. The van der Waals surface area contributed by atoms with Gasteiger partial charge in [0, 0.05) is 17.2 Å². The first kappa shape index (κ1) is 14.8. The highest BCUT2D eigenvalue weighted by atomic mass is 127. The number of nitrogens with zero attached hydrogens (tertiary/aromatic N) is 1. The molecule has 1 amide bonds. The Balaban J connectivity index is 2.90. The average molecular weight is 369 g/mol. The van der Waals surface area contributed by atoms with Gasteiger partial charge in [-0.05, 0) is 34.7 Å². The van der Waals surface area contributed by atoms with Gasteiger partial charge < -0.3 is 10.0 Å². The summed E-state index contributed by atoms with van der Waals surface area (Å²) >= 11 is 1.72. The Kier molecular flexibility index (Phi) is 5.00. The summed E-state index contributed by atoms with van der Waals surface area (Å²) in [5.74, 6) is -3.70. The first-order valence-electron chi connectivity index (χ1n) is 4.94. The van der Waals surface area contributed by atoms with Crippen molar-refractivity contribution in [3.05, 3.63) is 32.9 Å². The molecule has 0 radical (unpaired) electrons. The van der Waals surface area contributed by atoms with Crippen LogP contribution in [0.2, 0.25) is 0 Å². The van der Waals surface area contributed by atoms with Crippen LogP contribution < -0.4 is 0 Å². The molecule has 0 aliphatic carbocycles. The quantitative estimate of drug-likeness (QED) is 0.654. The minimum absolute atomic E-state index is 0.00322. The molecular weight excluding hydrogens is 359 g/mol. The Bertz CT molecular complexity index is 493. The summed E-state index contributed by atoms with van der Waals surface area (Å²) < 4.78 is 26.2. The van der Waals surface area contributed by atoms with E-state index in [2.05, 4.69) is 0 Å². The van der Waals surface area contributed by atoms with E-state index in [1.807, 2.05) is 0 Å². The summed E-state index contributed by atoms with van der Waals surface area (Å²) in [5, 5.41) is 8.50. The predicted octanol–water partition coefficient (Wildman–Crippen LogP) is 2.12. The molecule has 18 heavy (non-hydrogen) atoms. The highest BCUT2D eigenvalue weighted by Gasteiger charge is 2.18. The third-order valence-electron chi connectivity index (χ3n) is 2.25. The molecule has 1 aromatic carbocycles. The van der Waals surface area contributed by atoms with Gasteiger partial charge in [0.25, 0.3) is 5.91 Å². The fourth-order valence-corrected chi connectivity index (χ4v) is 1.92. The molecule has 0 aromatic heterocycles. The van der Waals surface area contributed by atoms with Crippen molar-refractivity contribution in [2.24, 2.45) is 0 Å². The van der Waals surface area contributed by atoms with E-state index in [1.165, 1.54) is 7.05 Å². The van der Waals surface area contributed by atoms with Gasteiger partial charge in [-0.1, -0.05) is 0 Å². The summed E-state index contributed by atoms with van der Waals surface area (Å²) in [6.07, 6.45) is -0.206. The summed E-state index contributed by atoms with van der Waals surface area (Å²) in [7, 11) is 1.41.